The van der Waals surface area contributed by atoms with E-state index in [4.69, 9.17) is 15.6 Å². The molecule has 0 saturated heterocycles. The smallest absolute Gasteiger partial charge is 0.225 e. The summed E-state index contributed by atoms with van der Waals surface area (Å²) in [5.41, 5.74) is 5.91. The van der Waals surface area contributed by atoms with E-state index in [9.17, 15) is 4.79 Å². The van der Waals surface area contributed by atoms with E-state index < -0.39 is 0 Å². The van der Waals surface area contributed by atoms with Crippen LogP contribution in [0.1, 0.15) is 26.2 Å². The van der Waals surface area contributed by atoms with Gasteiger partial charge in [-0.1, -0.05) is 6.92 Å². The zero-order valence-electron chi connectivity index (χ0n) is 11.5. The van der Waals surface area contributed by atoms with Crippen LogP contribution in [0.4, 0.5) is 0 Å². The van der Waals surface area contributed by atoms with Crippen molar-refractivity contribution in [3.05, 3.63) is 0 Å². The quantitative estimate of drug-likeness (QED) is 0.668. The third-order valence-electron chi connectivity index (χ3n) is 3.71. The molecule has 0 heterocycles. The average molecular weight is 258 g/mol. The third-order valence-corrected chi connectivity index (χ3v) is 3.71. The summed E-state index contributed by atoms with van der Waals surface area (Å²) in [7, 11) is 1.81. The normalized spacial score (nSPS) is 28.1. The van der Waals surface area contributed by atoms with Crippen molar-refractivity contribution in [1.82, 2.24) is 4.90 Å². The summed E-state index contributed by atoms with van der Waals surface area (Å²) in [4.78, 5) is 14.0. The molecule has 0 aromatic carbocycles. The largest absolute Gasteiger partial charge is 0.394 e. The van der Waals surface area contributed by atoms with Gasteiger partial charge in [0.05, 0.1) is 19.8 Å². The first kappa shape index (κ1) is 15.4. The minimum absolute atomic E-state index is 0.0230. The number of nitrogens with two attached hydrogens (primary N) is 1. The number of carbonyl (C=O) groups is 1. The molecule has 1 amide bonds. The van der Waals surface area contributed by atoms with Crippen LogP contribution in [-0.4, -0.2) is 55.4 Å². The van der Waals surface area contributed by atoms with E-state index >= 15 is 0 Å². The highest BCUT2D eigenvalue weighted by Crippen LogP contribution is 2.30. The molecule has 0 aliphatic heterocycles. The number of aliphatic hydroxyl groups is 1. The molecule has 1 fully saturated rings. The van der Waals surface area contributed by atoms with E-state index in [2.05, 4.69) is 6.92 Å². The van der Waals surface area contributed by atoms with Gasteiger partial charge < -0.3 is 20.5 Å². The minimum atomic E-state index is 0.0230. The Bertz CT molecular complexity index is 261. The number of carbonyl (C=O) groups excluding carboxylic acids is 1. The van der Waals surface area contributed by atoms with Crippen molar-refractivity contribution in [1.29, 1.82) is 0 Å². The number of aliphatic hydroxyl groups excluding tert-OH is 1. The fraction of sp³-hybridized carbons (Fsp3) is 0.923. The predicted molar refractivity (Wildman–Crippen MR) is 70.0 cm³/mol. The molecule has 1 aliphatic rings. The van der Waals surface area contributed by atoms with E-state index in [0.717, 1.165) is 19.3 Å². The molecule has 0 aromatic rings. The lowest BCUT2D eigenvalue weighted by molar-refractivity contribution is -0.137. The van der Waals surface area contributed by atoms with E-state index in [1.165, 1.54) is 0 Å². The first-order valence-electron chi connectivity index (χ1n) is 6.75. The number of hydrogen-bond donors (Lipinski definition) is 2. The zero-order chi connectivity index (χ0) is 13.5. The molecule has 1 aliphatic carbocycles. The van der Waals surface area contributed by atoms with Gasteiger partial charge in [0, 0.05) is 25.6 Å². The van der Waals surface area contributed by atoms with E-state index in [1.54, 1.807) is 4.90 Å². The summed E-state index contributed by atoms with van der Waals surface area (Å²) < 4.78 is 5.17. The van der Waals surface area contributed by atoms with Gasteiger partial charge >= 0.3 is 0 Å². The molecule has 3 atom stereocenters. The third kappa shape index (κ3) is 4.55. The summed E-state index contributed by atoms with van der Waals surface area (Å²) >= 11 is 0. The molecule has 0 aromatic heterocycles. The molecule has 3 unspecified atom stereocenters. The second kappa shape index (κ2) is 7.71. The van der Waals surface area contributed by atoms with Crippen LogP contribution >= 0.6 is 0 Å². The van der Waals surface area contributed by atoms with Crippen molar-refractivity contribution >= 4 is 5.91 Å². The van der Waals surface area contributed by atoms with E-state index in [-0.39, 0.29) is 24.5 Å². The lowest BCUT2D eigenvalue weighted by Crippen LogP contribution is -2.42. The van der Waals surface area contributed by atoms with Crippen molar-refractivity contribution in [2.45, 2.75) is 32.2 Å². The number of nitrogens with zero attached hydrogens (tertiary/aromatic N) is 1. The number of ether oxygens (including phenoxy) is 1. The molecule has 0 spiro atoms. The van der Waals surface area contributed by atoms with Gasteiger partial charge in [0.15, 0.2) is 0 Å². The summed E-state index contributed by atoms with van der Waals surface area (Å²) in [5, 5.41) is 8.59. The first-order valence-corrected chi connectivity index (χ1v) is 6.75. The Morgan fingerprint density at radius 1 is 1.44 bits per heavy atom. The molecule has 5 heteroatoms. The minimum Gasteiger partial charge on any atom is -0.394 e. The Hall–Kier alpha value is -0.650. The Balaban J connectivity index is 2.33. The number of likely N-dealkylation sites (N-methyl/N-ethyl adjacent to an activating group) is 1. The van der Waals surface area contributed by atoms with Gasteiger partial charge in [0.1, 0.15) is 0 Å². The summed E-state index contributed by atoms with van der Waals surface area (Å²) in [5.74, 6) is 0.664. The Morgan fingerprint density at radius 3 is 2.78 bits per heavy atom. The highest BCUT2D eigenvalue weighted by Gasteiger charge is 2.32. The highest BCUT2D eigenvalue weighted by molar-refractivity contribution is 5.79. The summed E-state index contributed by atoms with van der Waals surface area (Å²) in [6.07, 6.45) is 2.77. The Kier molecular flexibility index (Phi) is 6.60. The van der Waals surface area contributed by atoms with Crippen LogP contribution in [0.15, 0.2) is 0 Å². The van der Waals surface area contributed by atoms with E-state index in [1.807, 2.05) is 7.05 Å². The fourth-order valence-corrected chi connectivity index (χ4v) is 2.57. The lowest BCUT2D eigenvalue weighted by atomic mass is 9.77. The predicted octanol–water partition coefficient (Wildman–Crippen LogP) is 0.217. The van der Waals surface area contributed by atoms with Gasteiger partial charge in [-0.05, 0) is 25.2 Å². The van der Waals surface area contributed by atoms with Gasteiger partial charge in [-0.2, -0.15) is 0 Å². The van der Waals surface area contributed by atoms with Crippen molar-refractivity contribution in [3.8, 4) is 0 Å². The zero-order valence-corrected chi connectivity index (χ0v) is 11.5. The van der Waals surface area contributed by atoms with Crippen LogP contribution in [0.3, 0.4) is 0 Å². The molecule has 3 N–H and O–H groups in total. The molecule has 1 rings (SSSR count). The van der Waals surface area contributed by atoms with Crippen molar-refractivity contribution in [3.63, 3.8) is 0 Å². The Labute approximate surface area is 109 Å². The van der Waals surface area contributed by atoms with Gasteiger partial charge in [-0.15, -0.1) is 0 Å². The van der Waals surface area contributed by atoms with Crippen LogP contribution in [0, 0.1) is 11.8 Å². The van der Waals surface area contributed by atoms with E-state index in [0.29, 0.717) is 25.7 Å². The summed E-state index contributed by atoms with van der Waals surface area (Å²) in [6, 6.07) is 0.252. The van der Waals surface area contributed by atoms with Crippen LogP contribution in [-0.2, 0) is 9.53 Å². The monoisotopic (exact) mass is 258 g/mol. The molecule has 1 saturated carbocycles. The summed E-state index contributed by atoms with van der Waals surface area (Å²) in [6.45, 7) is 3.52. The molecule has 18 heavy (non-hydrogen) atoms. The lowest BCUT2D eigenvalue weighted by Gasteiger charge is -2.34. The van der Waals surface area contributed by atoms with Gasteiger partial charge in [0.2, 0.25) is 5.91 Å². The SMILES string of the molecule is CC1CC(N)CCC1C(=O)N(C)CCOCCO. The van der Waals surface area contributed by atoms with Crippen molar-refractivity contribution in [2.75, 3.05) is 33.4 Å². The van der Waals surface area contributed by atoms with Gasteiger partial charge in [-0.3, -0.25) is 4.79 Å². The molecule has 0 radical (unpaired) electrons. The van der Waals surface area contributed by atoms with Gasteiger partial charge in [-0.25, -0.2) is 0 Å². The maximum absolute atomic E-state index is 12.3. The Morgan fingerprint density at radius 2 is 2.17 bits per heavy atom. The van der Waals surface area contributed by atoms with Crippen LogP contribution < -0.4 is 5.73 Å². The molecule has 0 bridgehead atoms. The van der Waals surface area contributed by atoms with Crippen molar-refractivity contribution < 1.29 is 14.6 Å². The van der Waals surface area contributed by atoms with Crippen LogP contribution in [0.25, 0.3) is 0 Å². The van der Waals surface area contributed by atoms with Gasteiger partial charge in [0.25, 0.3) is 0 Å². The number of rotatable bonds is 6. The molecular weight excluding hydrogens is 232 g/mol. The maximum atomic E-state index is 12.3. The van der Waals surface area contributed by atoms with Crippen molar-refractivity contribution in [2.24, 2.45) is 17.6 Å². The fourth-order valence-electron chi connectivity index (χ4n) is 2.57. The second-order valence-electron chi connectivity index (χ2n) is 5.25. The first-order chi connectivity index (χ1) is 8.56. The maximum Gasteiger partial charge on any atom is 0.225 e. The molecular formula is C13H26N2O3. The number of hydrogen-bond acceptors (Lipinski definition) is 4. The molecule has 106 valence electrons. The topological polar surface area (TPSA) is 75.8 Å². The average Bonchev–Trinajstić information content (AvgIpc) is 2.33. The number of amides is 1. The molecule has 5 nitrogen and oxygen atoms in total. The second-order valence-corrected chi connectivity index (χ2v) is 5.25. The standard InChI is InChI=1S/C13H26N2O3/c1-10-9-11(14)3-4-12(10)13(17)15(2)5-7-18-8-6-16/h10-12,16H,3-9,14H2,1-2H3. The van der Waals surface area contributed by atoms with Crippen LogP contribution in [0.5, 0.6) is 0 Å². The van der Waals surface area contributed by atoms with Crippen LogP contribution in [0.2, 0.25) is 0 Å². The highest BCUT2D eigenvalue weighted by atomic mass is 16.5.